The van der Waals surface area contributed by atoms with Crippen molar-refractivity contribution >= 4 is 88.9 Å². The summed E-state index contributed by atoms with van der Waals surface area (Å²) >= 11 is 13.9. The van der Waals surface area contributed by atoms with Crippen LogP contribution in [0.3, 0.4) is 0 Å². The fraction of sp³-hybridized carbons (Fsp3) is 0.571. The predicted molar refractivity (Wildman–Crippen MR) is 172 cm³/mol. The maximum atomic E-state index is 11.9. The minimum absolute atomic E-state index is 0.358. The molecular formula is C28H41Br2ClN2O4S2. The lowest BCUT2D eigenvalue weighted by Gasteiger charge is -2.14. The maximum absolute atomic E-state index is 11.9. The molecule has 2 rings (SSSR count). The largest absolute Gasteiger partial charge is 0.349 e. The van der Waals surface area contributed by atoms with E-state index in [1.807, 2.05) is 0 Å². The lowest BCUT2D eigenvalue weighted by atomic mass is 9.99. The van der Waals surface area contributed by atoms with Crippen molar-refractivity contribution in [3.05, 3.63) is 41.6 Å². The molecule has 2 atom stereocenters. The van der Waals surface area contributed by atoms with Gasteiger partial charge in [0.1, 0.15) is 0 Å². The summed E-state index contributed by atoms with van der Waals surface area (Å²) < 4.78 is 1.66. The zero-order chi connectivity index (χ0) is 29.8. The van der Waals surface area contributed by atoms with Gasteiger partial charge in [-0.25, -0.2) is 0 Å². The van der Waals surface area contributed by atoms with Crippen LogP contribution in [0.2, 0.25) is 0 Å². The number of hydrogen-bond acceptors (Lipinski definition) is 7. The highest BCUT2D eigenvalue weighted by molar-refractivity contribution is 9.11. The van der Waals surface area contributed by atoms with Crippen LogP contribution in [0.15, 0.2) is 31.8 Å². The van der Waals surface area contributed by atoms with Gasteiger partial charge in [-0.3, -0.25) is 19.2 Å². The van der Waals surface area contributed by atoms with E-state index >= 15 is 0 Å². The van der Waals surface area contributed by atoms with E-state index in [9.17, 15) is 19.2 Å². The second-order valence-corrected chi connectivity index (χ2v) is 14.2. The molecule has 2 unspecified atom stereocenters. The van der Waals surface area contributed by atoms with E-state index in [1.54, 1.807) is 24.3 Å². The number of ketones is 2. The lowest BCUT2D eigenvalue weighted by molar-refractivity contribution is -0.117. The summed E-state index contributed by atoms with van der Waals surface area (Å²) in [5.41, 5.74) is 5.52. The second kappa shape index (κ2) is 22.7. The van der Waals surface area contributed by atoms with Crippen molar-refractivity contribution in [3.63, 3.8) is 0 Å². The van der Waals surface area contributed by atoms with Crippen LogP contribution in [0.25, 0.3) is 0 Å². The molecule has 0 aliphatic carbocycles. The average Bonchev–Trinajstić information content (AvgIpc) is 3.57. The Morgan fingerprint density at radius 1 is 0.821 bits per heavy atom. The molecule has 0 saturated heterocycles. The minimum Gasteiger partial charge on any atom is -0.349 e. The van der Waals surface area contributed by atoms with Crippen molar-refractivity contribution in [1.29, 1.82) is 0 Å². The van der Waals surface area contributed by atoms with Crippen molar-refractivity contribution in [3.8, 4) is 0 Å². The molecule has 0 fully saturated rings. The summed E-state index contributed by atoms with van der Waals surface area (Å²) in [7, 11) is 0. The van der Waals surface area contributed by atoms with Gasteiger partial charge in [0.05, 0.1) is 17.3 Å². The van der Waals surface area contributed by atoms with Crippen LogP contribution in [0, 0.1) is 11.8 Å². The summed E-state index contributed by atoms with van der Waals surface area (Å²) in [6.45, 7) is 10.2. The number of amides is 1. The molecule has 0 aliphatic heterocycles. The molecule has 0 aliphatic rings. The normalized spacial score (nSPS) is 11.8. The van der Waals surface area contributed by atoms with Crippen LogP contribution in [0.5, 0.6) is 0 Å². The Morgan fingerprint density at radius 3 is 1.64 bits per heavy atom. The summed E-state index contributed by atoms with van der Waals surface area (Å²) in [6, 6.07) is 6.70. The third-order valence-electron chi connectivity index (χ3n) is 5.95. The molecule has 1 amide bonds. The maximum Gasteiger partial charge on any atom is 0.294 e. The van der Waals surface area contributed by atoms with Crippen LogP contribution in [-0.2, 0) is 9.59 Å². The number of nitrogens with one attached hydrogen (secondary N) is 1. The summed E-state index contributed by atoms with van der Waals surface area (Å²) in [5.74, 6) is -0.343. The summed E-state index contributed by atoms with van der Waals surface area (Å²) in [6.07, 6.45) is 9.67. The Labute approximate surface area is 263 Å². The first-order valence-electron chi connectivity index (χ1n) is 13.3. The van der Waals surface area contributed by atoms with Gasteiger partial charge in [0.15, 0.2) is 0 Å². The SMILES string of the molecule is CCCCC(CC)CN.CCCCC(CC)CNC(=O)C(=O)c1ccc(Br)s1.O=C(Cl)C(=O)c1ccc(Br)s1. The quantitative estimate of drug-likeness (QED) is 0.109. The molecular weight excluding hydrogens is 688 g/mol. The third kappa shape index (κ3) is 16.8. The average molecular weight is 729 g/mol. The molecule has 0 bridgehead atoms. The molecule has 2 aromatic heterocycles. The molecule has 0 aromatic carbocycles. The zero-order valence-electron chi connectivity index (χ0n) is 23.2. The number of carbonyl (C=O) groups excluding carboxylic acids is 4. The van der Waals surface area contributed by atoms with Gasteiger partial charge in [0, 0.05) is 6.54 Å². The highest BCUT2D eigenvalue weighted by atomic mass is 79.9. The van der Waals surface area contributed by atoms with Gasteiger partial charge in [-0.05, 0) is 98.9 Å². The zero-order valence-corrected chi connectivity index (χ0v) is 28.8. The Balaban J connectivity index is 0.000000612. The minimum atomic E-state index is -0.945. The number of thiophene rings is 2. The summed E-state index contributed by atoms with van der Waals surface area (Å²) in [4.78, 5) is 45.7. The fourth-order valence-corrected chi connectivity index (χ4v) is 6.13. The van der Waals surface area contributed by atoms with Gasteiger partial charge in [0.25, 0.3) is 22.7 Å². The van der Waals surface area contributed by atoms with E-state index < -0.39 is 22.7 Å². The van der Waals surface area contributed by atoms with Crippen LogP contribution < -0.4 is 11.1 Å². The van der Waals surface area contributed by atoms with Crippen LogP contribution in [0.1, 0.15) is 98.4 Å². The van der Waals surface area contributed by atoms with E-state index in [0.717, 1.165) is 39.3 Å². The van der Waals surface area contributed by atoms with Crippen molar-refractivity contribution in [1.82, 2.24) is 5.32 Å². The molecule has 39 heavy (non-hydrogen) atoms. The van der Waals surface area contributed by atoms with Crippen molar-refractivity contribution < 1.29 is 19.2 Å². The van der Waals surface area contributed by atoms with Crippen LogP contribution in [-0.4, -0.2) is 35.8 Å². The smallest absolute Gasteiger partial charge is 0.294 e. The van der Waals surface area contributed by atoms with E-state index in [1.165, 1.54) is 54.8 Å². The highest BCUT2D eigenvalue weighted by Gasteiger charge is 2.19. The molecule has 3 N–H and O–H groups in total. The van der Waals surface area contributed by atoms with Gasteiger partial charge in [-0.1, -0.05) is 66.2 Å². The Morgan fingerprint density at radius 2 is 1.28 bits per heavy atom. The Kier molecular flexibility index (Phi) is 22.2. The Hall–Kier alpha value is -0.910. The van der Waals surface area contributed by atoms with Gasteiger partial charge >= 0.3 is 0 Å². The number of nitrogens with two attached hydrogens (primary N) is 1. The molecule has 2 aromatic rings. The first-order chi connectivity index (χ1) is 18.5. The van der Waals surface area contributed by atoms with Crippen LogP contribution in [0.4, 0.5) is 0 Å². The number of Topliss-reactive ketones (excluding diaryl/α,β-unsaturated/α-hetero) is 2. The van der Waals surface area contributed by atoms with E-state index in [0.29, 0.717) is 22.2 Å². The third-order valence-corrected chi connectivity index (χ3v) is 9.37. The number of unbranched alkanes of at least 4 members (excludes halogenated alkanes) is 2. The summed E-state index contributed by atoms with van der Waals surface area (Å²) in [5, 5.41) is 1.81. The molecule has 0 saturated carbocycles. The van der Waals surface area contributed by atoms with Crippen LogP contribution >= 0.6 is 66.1 Å². The standard InChI is InChI=1S/C14H20BrNO2S.C8H19N.C6H2BrClO2S/c1-3-5-6-10(4-2)9-16-14(18)13(17)11-7-8-12(15)19-11;1-3-5-6-8(4-2)7-9;7-4-2-1-3(11-4)5(9)6(8)10/h7-8,10H,3-6,9H2,1-2H3,(H,16,18);8H,3-7,9H2,1-2H3;1-2H. The first-order valence-corrected chi connectivity index (χ1v) is 16.9. The predicted octanol–water partition coefficient (Wildman–Crippen LogP) is 8.65. The van der Waals surface area contributed by atoms with Crippen molar-refractivity contribution in [2.45, 2.75) is 79.1 Å². The lowest BCUT2D eigenvalue weighted by Crippen LogP contribution is -2.34. The molecule has 11 heteroatoms. The molecule has 2 heterocycles. The number of halogens is 3. The fourth-order valence-electron chi connectivity index (χ4n) is 3.32. The van der Waals surface area contributed by atoms with E-state index in [4.69, 9.17) is 17.3 Å². The topological polar surface area (TPSA) is 106 Å². The van der Waals surface area contributed by atoms with E-state index in [2.05, 4.69) is 64.9 Å². The molecule has 6 nitrogen and oxygen atoms in total. The van der Waals surface area contributed by atoms with Crippen molar-refractivity contribution in [2.24, 2.45) is 17.6 Å². The van der Waals surface area contributed by atoms with Crippen molar-refractivity contribution in [2.75, 3.05) is 13.1 Å². The number of rotatable bonds is 15. The second-order valence-electron chi connectivity index (χ2n) is 8.92. The number of hydrogen-bond donors (Lipinski definition) is 2. The highest BCUT2D eigenvalue weighted by Crippen LogP contribution is 2.23. The van der Waals surface area contributed by atoms with Gasteiger partial charge in [0.2, 0.25) is 0 Å². The van der Waals surface area contributed by atoms with E-state index in [-0.39, 0.29) is 0 Å². The number of carbonyl (C=O) groups is 4. The van der Waals surface area contributed by atoms with Gasteiger partial charge in [-0.15, -0.1) is 22.7 Å². The van der Waals surface area contributed by atoms with Gasteiger partial charge < -0.3 is 11.1 Å². The molecule has 220 valence electrons. The molecule has 0 spiro atoms. The first kappa shape index (κ1) is 38.1. The monoisotopic (exact) mass is 726 g/mol. The Bertz CT molecular complexity index is 1010. The van der Waals surface area contributed by atoms with Gasteiger partial charge in [-0.2, -0.15) is 0 Å². The molecule has 0 radical (unpaired) electrons.